The van der Waals surface area contributed by atoms with Crippen LogP contribution in [0, 0.1) is 6.92 Å². The molecule has 0 spiro atoms. The number of carbonyl (C=O) groups is 1. The molecule has 0 saturated heterocycles. The Morgan fingerprint density at radius 3 is 2.58 bits per heavy atom. The molecule has 1 atom stereocenters. The van der Waals surface area contributed by atoms with Crippen molar-refractivity contribution >= 4 is 16.9 Å². The molecule has 2 aromatic carbocycles. The lowest BCUT2D eigenvalue weighted by Gasteiger charge is -2.37. The van der Waals surface area contributed by atoms with E-state index in [1.165, 1.54) is 13.2 Å². The largest absolute Gasteiger partial charge is 0.508 e. The van der Waals surface area contributed by atoms with Crippen LogP contribution < -0.4 is 15.1 Å². The van der Waals surface area contributed by atoms with Crippen molar-refractivity contribution in [3.63, 3.8) is 0 Å². The molecule has 1 aliphatic rings. The van der Waals surface area contributed by atoms with Crippen molar-refractivity contribution < 1.29 is 28.5 Å². The van der Waals surface area contributed by atoms with Gasteiger partial charge in [-0.2, -0.15) is 0 Å². The second-order valence-corrected chi connectivity index (χ2v) is 8.10. The molecular weight excluding hydrogens is 426 g/mol. The molecule has 8 nitrogen and oxygen atoms in total. The molecule has 2 heterocycles. The first-order chi connectivity index (χ1) is 15.9. The molecule has 0 radical (unpaired) electrons. The number of hydrogen-bond donors (Lipinski definition) is 1. The highest BCUT2D eigenvalue weighted by Crippen LogP contribution is 2.40. The zero-order valence-corrected chi connectivity index (χ0v) is 19.1. The summed E-state index contributed by atoms with van der Waals surface area (Å²) in [6.45, 7) is 2.80. The maximum atomic E-state index is 12.3. The maximum Gasteiger partial charge on any atom is 0.336 e. The van der Waals surface area contributed by atoms with Gasteiger partial charge in [0, 0.05) is 36.1 Å². The third kappa shape index (κ3) is 4.26. The number of phenolic OH excluding ortho intramolecular Hbond substituents is 1. The molecule has 8 heteroatoms. The summed E-state index contributed by atoms with van der Waals surface area (Å²) < 4.78 is 21.3. The molecule has 0 amide bonds. The molecule has 0 aliphatic carbocycles. The summed E-state index contributed by atoms with van der Waals surface area (Å²) in [5.74, 6) is 0.971. The highest BCUT2D eigenvalue weighted by Gasteiger charge is 2.31. The Morgan fingerprint density at radius 2 is 1.88 bits per heavy atom. The third-order valence-electron chi connectivity index (χ3n) is 6.29. The number of hydrogen-bond acceptors (Lipinski definition) is 8. The number of fused-ring (bicyclic) bond motifs is 2. The van der Waals surface area contributed by atoms with E-state index in [0.29, 0.717) is 35.7 Å². The van der Waals surface area contributed by atoms with Crippen LogP contribution in [-0.4, -0.2) is 43.8 Å². The smallest absolute Gasteiger partial charge is 0.336 e. The van der Waals surface area contributed by atoms with Crippen molar-refractivity contribution in [3.8, 4) is 17.2 Å². The highest BCUT2D eigenvalue weighted by molar-refractivity contribution is 5.84. The summed E-state index contributed by atoms with van der Waals surface area (Å²) in [6, 6.07) is 8.40. The van der Waals surface area contributed by atoms with Gasteiger partial charge in [-0.25, -0.2) is 4.79 Å². The number of aromatic hydroxyl groups is 1. The van der Waals surface area contributed by atoms with Crippen LogP contribution in [0.25, 0.3) is 11.0 Å². The summed E-state index contributed by atoms with van der Waals surface area (Å²) >= 11 is 0. The number of nitrogens with zero attached hydrogens (tertiary/aromatic N) is 1. The van der Waals surface area contributed by atoms with E-state index in [-0.39, 0.29) is 24.2 Å². The summed E-state index contributed by atoms with van der Waals surface area (Å²) in [7, 11) is 4.54. The molecule has 1 aromatic heterocycles. The highest BCUT2D eigenvalue weighted by atomic mass is 16.5. The molecule has 33 heavy (non-hydrogen) atoms. The van der Waals surface area contributed by atoms with Crippen molar-refractivity contribution in [1.29, 1.82) is 0 Å². The van der Waals surface area contributed by atoms with E-state index in [1.807, 2.05) is 12.1 Å². The Balaban J connectivity index is 1.79. The number of esters is 1. The molecule has 0 bridgehead atoms. The van der Waals surface area contributed by atoms with Crippen molar-refractivity contribution in [3.05, 3.63) is 63.0 Å². The van der Waals surface area contributed by atoms with Crippen molar-refractivity contribution in [2.24, 2.45) is 0 Å². The predicted octanol–water partition coefficient (Wildman–Crippen LogP) is 3.49. The van der Waals surface area contributed by atoms with E-state index in [9.17, 15) is 14.7 Å². The summed E-state index contributed by atoms with van der Waals surface area (Å²) in [4.78, 5) is 26.8. The molecule has 3 aromatic rings. The van der Waals surface area contributed by atoms with Crippen LogP contribution in [0.4, 0.5) is 0 Å². The number of rotatable bonds is 6. The lowest BCUT2D eigenvalue weighted by Crippen LogP contribution is -2.36. The van der Waals surface area contributed by atoms with E-state index in [2.05, 4.69) is 4.90 Å². The van der Waals surface area contributed by atoms with Crippen LogP contribution in [0.5, 0.6) is 17.2 Å². The van der Waals surface area contributed by atoms with Gasteiger partial charge < -0.3 is 23.7 Å². The number of methoxy groups -OCH3 is 3. The summed E-state index contributed by atoms with van der Waals surface area (Å²) in [5, 5.41) is 10.8. The van der Waals surface area contributed by atoms with E-state index in [0.717, 1.165) is 28.5 Å². The van der Waals surface area contributed by atoms with Crippen LogP contribution in [0.1, 0.15) is 34.7 Å². The average molecular weight is 453 g/mol. The topological polar surface area (TPSA) is 98.4 Å². The fourth-order valence-corrected chi connectivity index (χ4v) is 4.51. The lowest BCUT2D eigenvalue weighted by atomic mass is 9.89. The molecule has 174 valence electrons. The average Bonchev–Trinajstić information content (AvgIpc) is 2.82. The van der Waals surface area contributed by atoms with Crippen molar-refractivity contribution in [2.75, 3.05) is 27.9 Å². The summed E-state index contributed by atoms with van der Waals surface area (Å²) in [5.41, 5.74) is 3.20. The van der Waals surface area contributed by atoms with E-state index in [4.69, 9.17) is 18.6 Å². The van der Waals surface area contributed by atoms with E-state index < -0.39 is 5.63 Å². The Morgan fingerprint density at radius 1 is 1.15 bits per heavy atom. The Kier molecular flexibility index (Phi) is 6.29. The Labute approximate surface area is 191 Å². The van der Waals surface area contributed by atoms with Crippen LogP contribution in [-0.2, 0) is 22.5 Å². The monoisotopic (exact) mass is 453 g/mol. The van der Waals surface area contributed by atoms with Gasteiger partial charge in [-0.15, -0.1) is 0 Å². The fraction of sp³-hybridized carbons (Fsp3) is 0.360. The van der Waals surface area contributed by atoms with Gasteiger partial charge in [0.1, 0.15) is 11.3 Å². The summed E-state index contributed by atoms with van der Waals surface area (Å²) in [6.07, 6.45) is 0.894. The molecule has 1 N–H and O–H groups in total. The first kappa shape index (κ1) is 22.7. The fourth-order valence-electron chi connectivity index (χ4n) is 4.51. The van der Waals surface area contributed by atoms with Gasteiger partial charge >= 0.3 is 11.6 Å². The SMILES string of the molecule is COC(=O)C[C@H]1c2cc(OC)c(OC)cc2CCN1Cc1cc(=O)oc2c(C)c(O)ccc12. The van der Waals surface area contributed by atoms with Gasteiger partial charge in [0.25, 0.3) is 0 Å². The second kappa shape index (κ2) is 9.15. The minimum absolute atomic E-state index is 0.0688. The van der Waals surface area contributed by atoms with Gasteiger partial charge in [0.15, 0.2) is 11.5 Å². The Bertz CT molecular complexity index is 1260. The van der Waals surface area contributed by atoms with Crippen LogP contribution >= 0.6 is 0 Å². The van der Waals surface area contributed by atoms with Crippen LogP contribution in [0.2, 0.25) is 0 Å². The van der Waals surface area contributed by atoms with Gasteiger partial charge in [-0.1, -0.05) is 0 Å². The predicted molar refractivity (Wildman–Crippen MR) is 122 cm³/mol. The molecule has 1 aliphatic heterocycles. The van der Waals surface area contributed by atoms with Gasteiger partial charge in [0.05, 0.1) is 27.8 Å². The normalized spacial score (nSPS) is 15.8. The van der Waals surface area contributed by atoms with Gasteiger partial charge in [-0.3, -0.25) is 9.69 Å². The zero-order valence-electron chi connectivity index (χ0n) is 19.1. The van der Waals surface area contributed by atoms with E-state index in [1.54, 1.807) is 33.3 Å². The number of phenols is 1. The second-order valence-electron chi connectivity index (χ2n) is 8.10. The van der Waals surface area contributed by atoms with Crippen LogP contribution in [0.3, 0.4) is 0 Å². The minimum Gasteiger partial charge on any atom is -0.508 e. The molecule has 0 unspecified atom stereocenters. The third-order valence-corrected chi connectivity index (χ3v) is 6.29. The lowest BCUT2D eigenvalue weighted by molar-refractivity contribution is -0.142. The molecule has 0 saturated carbocycles. The van der Waals surface area contributed by atoms with Crippen LogP contribution in [0.15, 0.2) is 39.5 Å². The number of carbonyl (C=O) groups excluding carboxylic acids is 1. The van der Waals surface area contributed by atoms with Crippen molar-refractivity contribution in [2.45, 2.75) is 32.4 Å². The first-order valence-corrected chi connectivity index (χ1v) is 10.7. The zero-order chi connectivity index (χ0) is 23.7. The van der Waals surface area contributed by atoms with Gasteiger partial charge in [0.2, 0.25) is 0 Å². The van der Waals surface area contributed by atoms with Gasteiger partial charge in [-0.05, 0) is 54.3 Å². The Hall–Kier alpha value is -3.52. The maximum absolute atomic E-state index is 12.3. The van der Waals surface area contributed by atoms with Crippen molar-refractivity contribution in [1.82, 2.24) is 4.90 Å². The molecule has 4 rings (SSSR count). The standard InChI is InChI=1S/C25H27NO7/c1-14-20(27)6-5-17-16(10-24(29)33-25(14)17)13-26-8-7-15-9-21(30-2)22(31-3)11-18(15)19(26)12-23(28)32-4/h5-6,9-11,19,27H,7-8,12-13H2,1-4H3/t19-/m0/s1. The minimum atomic E-state index is -0.487. The molecular formula is C25H27NO7. The number of benzene rings is 2. The number of ether oxygens (including phenoxy) is 3. The number of aryl methyl sites for hydroxylation is 1. The van der Waals surface area contributed by atoms with E-state index >= 15 is 0 Å². The molecule has 0 fully saturated rings. The first-order valence-electron chi connectivity index (χ1n) is 10.7. The quantitative estimate of drug-likeness (QED) is 0.447.